The largest absolute Gasteiger partial charge is 0.450 e. The Balaban J connectivity index is 1.55. The number of anilines is 1. The third-order valence-corrected chi connectivity index (χ3v) is 6.94. The number of nitriles is 1. The van der Waals surface area contributed by atoms with Gasteiger partial charge in [-0.1, -0.05) is 0 Å². The maximum absolute atomic E-state index is 13.8. The molecule has 0 atom stereocenters. The van der Waals surface area contributed by atoms with Gasteiger partial charge in [-0.05, 0) is 56.5 Å². The first-order valence-electron chi connectivity index (χ1n) is 12.8. The van der Waals surface area contributed by atoms with E-state index in [9.17, 15) is 14.0 Å². The minimum atomic E-state index is -2.16. The predicted molar refractivity (Wildman–Crippen MR) is 139 cm³/mol. The highest BCUT2D eigenvalue weighted by molar-refractivity contribution is 5.85. The lowest BCUT2D eigenvalue weighted by Gasteiger charge is -2.40. The van der Waals surface area contributed by atoms with Crippen molar-refractivity contribution in [2.24, 2.45) is 11.1 Å². The van der Waals surface area contributed by atoms with Gasteiger partial charge in [-0.3, -0.25) is 9.59 Å². The number of nitrogens with zero attached hydrogens (tertiary/aromatic N) is 5. The highest BCUT2D eigenvalue weighted by Gasteiger charge is 2.54. The molecule has 3 aromatic rings. The van der Waals surface area contributed by atoms with Gasteiger partial charge in [0.25, 0.3) is 5.91 Å². The Kier molecular flexibility index (Phi) is 7.46. The molecule has 2 aliphatic heterocycles. The number of aromatic nitrogens is 4. The zero-order valence-corrected chi connectivity index (χ0v) is 21.9. The van der Waals surface area contributed by atoms with Gasteiger partial charge in [0.2, 0.25) is 5.95 Å². The first-order chi connectivity index (χ1) is 19.3. The lowest BCUT2D eigenvalue weighted by Crippen LogP contribution is -2.56. The lowest BCUT2D eigenvalue weighted by atomic mass is 9.91. The van der Waals surface area contributed by atoms with Crippen LogP contribution in [0.3, 0.4) is 0 Å². The van der Waals surface area contributed by atoms with Crippen LogP contribution in [0, 0.1) is 22.6 Å². The van der Waals surface area contributed by atoms with E-state index in [1.165, 1.54) is 19.1 Å². The number of carbonyl (C=O) groups is 2. The van der Waals surface area contributed by atoms with E-state index in [1.54, 1.807) is 30.5 Å². The summed E-state index contributed by atoms with van der Waals surface area (Å²) in [5, 5.41) is 8.73. The number of benzene rings is 1. The first kappa shape index (κ1) is 27.2. The number of aromatic amines is 1. The Morgan fingerprint density at radius 3 is 2.50 bits per heavy atom. The van der Waals surface area contributed by atoms with E-state index in [-0.39, 0.29) is 19.0 Å². The van der Waals surface area contributed by atoms with Gasteiger partial charge in [0.1, 0.15) is 17.3 Å². The number of amides is 1. The fourth-order valence-corrected chi connectivity index (χ4v) is 4.66. The summed E-state index contributed by atoms with van der Waals surface area (Å²) >= 11 is 0. The molecule has 13 heteroatoms. The number of hydrogen-bond acceptors (Lipinski definition) is 10. The third-order valence-electron chi connectivity index (χ3n) is 6.94. The highest BCUT2D eigenvalue weighted by atomic mass is 19.1. The van der Waals surface area contributed by atoms with Crippen LogP contribution in [0.4, 0.5) is 10.3 Å². The molecule has 0 bridgehead atoms. The van der Waals surface area contributed by atoms with Crippen molar-refractivity contribution in [2.75, 3.05) is 37.8 Å². The summed E-state index contributed by atoms with van der Waals surface area (Å²) < 4.78 is 30.3. The minimum Gasteiger partial charge on any atom is -0.450 e. The number of piperidine rings is 1. The maximum Gasteiger partial charge on any atom is 0.317 e. The summed E-state index contributed by atoms with van der Waals surface area (Å²) in [4.78, 5) is 44.3. The molecule has 0 unspecified atom stereocenters. The van der Waals surface area contributed by atoms with Gasteiger partial charge in [-0.2, -0.15) is 5.26 Å². The van der Waals surface area contributed by atoms with Gasteiger partial charge in [0.05, 0.1) is 30.3 Å². The molecule has 1 aromatic carbocycles. The number of rotatable bonds is 7. The number of imidazole rings is 1. The van der Waals surface area contributed by atoms with Gasteiger partial charge in [-0.25, -0.2) is 19.3 Å². The van der Waals surface area contributed by atoms with Gasteiger partial charge in [0.15, 0.2) is 12.4 Å². The van der Waals surface area contributed by atoms with Crippen LogP contribution in [-0.4, -0.2) is 64.7 Å². The highest BCUT2D eigenvalue weighted by Crippen LogP contribution is 2.39. The molecule has 2 aromatic heterocycles. The van der Waals surface area contributed by atoms with Crippen LogP contribution >= 0.6 is 0 Å². The maximum atomic E-state index is 13.8. The number of carbonyl (C=O) groups excluding carboxylic acids is 2. The number of ether oxygens (including phenoxy) is 3. The van der Waals surface area contributed by atoms with Crippen LogP contribution in [-0.2, 0) is 29.6 Å². The molecule has 208 valence electrons. The van der Waals surface area contributed by atoms with E-state index in [0.29, 0.717) is 28.6 Å². The Labute approximate surface area is 229 Å². The average Bonchev–Trinajstić information content (AvgIpc) is 3.43. The van der Waals surface area contributed by atoms with Crippen molar-refractivity contribution >= 4 is 17.8 Å². The fraction of sp³-hybridized carbons (Fsp3) is 0.407. The molecule has 12 nitrogen and oxygen atoms in total. The second-order valence-electron chi connectivity index (χ2n) is 9.96. The molecule has 4 heterocycles. The average molecular weight is 550 g/mol. The second-order valence-corrected chi connectivity index (χ2v) is 9.96. The van der Waals surface area contributed by atoms with E-state index in [2.05, 4.69) is 19.9 Å². The third kappa shape index (κ3) is 5.11. The summed E-state index contributed by atoms with van der Waals surface area (Å²) in [6, 6.07) is 9.11. The first-order valence-corrected chi connectivity index (χ1v) is 12.8. The molecule has 2 fully saturated rings. The van der Waals surface area contributed by atoms with Crippen molar-refractivity contribution in [3.05, 3.63) is 48.2 Å². The molecule has 5 rings (SSSR count). The Morgan fingerprint density at radius 2 is 1.85 bits per heavy atom. The zero-order chi connectivity index (χ0) is 28.3. The number of primary amides is 1. The van der Waals surface area contributed by atoms with Crippen LogP contribution in [0.25, 0.3) is 22.6 Å². The fourth-order valence-electron chi connectivity index (χ4n) is 4.66. The molecular weight excluding hydrogens is 521 g/mol. The number of nitrogens with one attached hydrogen (secondary N) is 1. The summed E-state index contributed by atoms with van der Waals surface area (Å²) in [5.74, 6) is -3.82. The number of hydrogen-bond donors (Lipinski definition) is 2. The van der Waals surface area contributed by atoms with E-state index in [0.717, 1.165) is 32.4 Å². The van der Waals surface area contributed by atoms with Crippen LogP contribution in [0.15, 0.2) is 36.5 Å². The molecular formula is C27H28FN7O5. The van der Waals surface area contributed by atoms with E-state index >= 15 is 0 Å². The minimum absolute atomic E-state index is 0.0695. The smallest absolute Gasteiger partial charge is 0.317 e. The van der Waals surface area contributed by atoms with Crippen LogP contribution in [0.1, 0.15) is 32.0 Å². The molecule has 0 radical (unpaired) electrons. The Morgan fingerprint density at radius 1 is 1.15 bits per heavy atom. The van der Waals surface area contributed by atoms with Gasteiger partial charge in [-0.15, -0.1) is 0 Å². The number of halogens is 1. The van der Waals surface area contributed by atoms with Crippen LogP contribution < -0.4 is 10.6 Å². The molecule has 40 heavy (non-hydrogen) atoms. The molecule has 2 aliphatic rings. The molecule has 0 spiro atoms. The molecule has 0 aliphatic carbocycles. The van der Waals surface area contributed by atoms with Crippen molar-refractivity contribution in [1.82, 2.24) is 19.9 Å². The normalized spacial score (nSPS) is 22.9. The molecule has 1 amide bonds. The topological polar surface area (TPSA) is 169 Å². The summed E-state index contributed by atoms with van der Waals surface area (Å²) in [6.45, 7) is 2.17. The SMILES string of the molecule is CC1(C(=O)OCC#N)COC(C(N)=O)(c2nc(-c3ccc(F)cc3)c(-c3ccnc(N4CCCCC4)n3)[nH]2)OC1. The molecule has 0 saturated carbocycles. The van der Waals surface area contributed by atoms with E-state index < -0.39 is 35.5 Å². The standard InChI is InChI=1S/C27H28FN7O5/c1-26(24(37)38-14-10-29)15-39-27(22(30)36,40-16-26)23-33-20(17-5-7-18(28)8-6-17)21(34-23)19-9-11-31-25(32-19)35-12-3-2-4-13-35/h5-9,11H,2-4,12-16H2,1H3,(H2,30,36)(H,33,34). The predicted octanol–water partition coefficient (Wildman–Crippen LogP) is 2.42. The molecule has 2 saturated heterocycles. The van der Waals surface area contributed by atoms with Crippen molar-refractivity contribution < 1.29 is 28.2 Å². The second kappa shape index (κ2) is 11.0. The summed E-state index contributed by atoms with van der Waals surface area (Å²) in [6.07, 6.45) is 4.87. The number of H-pyrrole nitrogens is 1. The van der Waals surface area contributed by atoms with Crippen LogP contribution in [0.5, 0.6) is 0 Å². The number of esters is 1. The van der Waals surface area contributed by atoms with Crippen molar-refractivity contribution in [2.45, 2.75) is 32.0 Å². The van der Waals surface area contributed by atoms with E-state index in [4.69, 9.17) is 30.2 Å². The van der Waals surface area contributed by atoms with Crippen molar-refractivity contribution in [3.63, 3.8) is 0 Å². The van der Waals surface area contributed by atoms with Gasteiger partial charge >= 0.3 is 11.8 Å². The number of nitrogens with two attached hydrogens (primary N) is 1. The van der Waals surface area contributed by atoms with Crippen LogP contribution in [0.2, 0.25) is 0 Å². The Hall–Kier alpha value is -4.41. The summed E-state index contributed by atoms with van der Waals surface area (Å²) in [5.41, 5.74) is 6.26. The molecule has 3 N–H and O–H groups in total. The van der Waals surface area contributed by atoms with Gasteiger partial charge < -0.3 is 29.8 Å². The Bertz CT molecular complexity index is 1440. The quantitative estimate of drug-likeness (QED) is 0.417. The van der Waals surface area contributed by atoms with Crippen molar-refractivity contribution in [1.29, 1.82) is 5.26 Å². The van der Waals surface area contributed by atoms with Gasteiger partial charge in [0, 0.05) is 24.8 Å². The van der Waals surface area contributed by atoms with Crippen molar-refractivity contribution in [3.8, 4) is 28.7 Å². The zero-order valence-electron chi connectivity index (χ0n) is 21.9. The lowest BCUT2D eigenvalue weighted by molar-refractivity contribution is -0.293. The summed E-state index contributed by atoms with van der Waals surface area (Å²) in [7, 11) is 0. The van der Waals surface area contributed by atoms with E-state index in [1.807, 2.05) is 0 Å². The monoisotopic (exact) mass is 549 g/mol.